The molecule has 0 saturated heterocycles. The van der Waals surface area contributed by atoms with E-state index in [1.807, 2.05) is 32.9 Å². The lowest BCUT2D eigenvalue weighted by molar-refractivity contribution is -0.124. The maximum absolute atomic E-state index is 12.9. The molecule has 1 fully saturated rings. The van der Waals surface area contributed by atoms with Gasteiger partial charge in [-0.25, -0.2) is 0 Å². The lowest BCUT2D eigenvalue weighted by Gasteiger charge is -2.16. The van der Waals surface area contributed by atoms with Gasteiger partial charge in [-0.15, -0.1) is 0 Å². The SMILES string of the molecule is Cc1cc(C)c(C2C(=O)CC(CCNC(=O)c3cc(C)n[nH]3)C2=O)c(C)c1. The molecule has 0 spiro atoms. The van der Waals surface area contributed by atoms with E-state index in [4.69, 9.17) is 0 Å². The number of carbonyl (C=O) groups is 3. The molecule has 1 saturated carbocycles. The zero-order valence-electron chi connectivity index (χ0n) is 16.2. The number of aromatic amines is 1. The summed E-state index contributed by atoms with van der Waals surface area (Å²) < 4.78 is 0. The number of rotatable bonds is 5. The van der Waals surface area contributed by atoms with Gasteiger partial charge < -0.3 is 5.32 Å². The first-order chi connectivity index (χ1) is 12.8. The van der Waals surface area contributed by atoms with Crippen LogP contribution in [0.2, 0.25) is 0 Å². The van der Waals surface area contributed by atoms with Crippen molar-refractivity contribution in [3.05, 3.63) is 51.8 Å². The summed E-state index contributed by atoms with van der Waals surface area (Å²) >= 11 is 0. The number of carbonyl (C=O) groups excluding carboxylic acids is 3. The van der Waals surface area contributed by atoms with E-state index < -0.39 is 5.92 Å². The molecule has 6 nitrogen and oxygen atoms in total. The highest BCUT2D eigenvalue weighted by Crippen LogP contribution is 2.37. The molecule has 1 amide bonds. The molecule has 1 heterocycles. The van der Waals surface area contributed by atoms with Crippen LogP contribution < -0.4 is 5.32 Å². The zero-order valence-corrected chi connectivity index (χ0v) is 16.2. The quantitative estimate of drug-likeness (QED) is 0.795. The third-order valence-electron chi connectivity index (χ3n) is 5.21. The van der Waals surface area contributed by atoms with Crippen LogP contribution in [0, 0.1) is 33.6 Å². The van der Waals surface area contributed by atoms with Crippen LogP contribution >= 0.6 is 0 Å². The van der Waals surface area contributed by atoms with Gasteiger partial charge in [0.25, 0.3) is 5.91 Å². The number of aryl methyl sites for hydroxylation is 4. The van der Waals surface area contributed by atoms with Crippen molar-refractivity contribution in [3.63, 3.8) is 0 Å². The van der Waals surface area contributed by atoms with E-state index in [-0.39, 0.29) is 29.8 Å². The largest absolute Gasteiger partial charge is 0.351 e. The molecule has 0 radical (unpaired) electrons. The maximum Gasteiger partial charge on any atom is 0.269 e. The van der Waals surface area contributed by atoms with Crippen molar-refractivity contribution in [2.75, 3.05) is 6.54 Å². The minimum absolute atomic E-state index is 0.0180. The molecule has 2 aromatic rings. The van der Waals surface area contributed by atoms with Crippen LogP contribution in [0.15, 0.2) is 18.2 Å². The zero-order chi connectivity index (χ0) is 19.7. The second-order valence-corrected chi connectivity index (χ2v) is 7.48. The smallest absolute Gasteiger partial charge is 0.269 e. The number of nitrogens with one attached hydrogen (secondary N) is 2. The van der Waals surface area contributed by atoms with Gasteiger partial charge in [0.1, 0.15) is 17.4 Å². The number of benzene rings is 1. The monoisotopic (exact) mass is 367 g/mol. The average Bonchev–Trinajstić information content (AvgIpc) is 3.12. The summed E-state index contributed by atoms with van der Waals surface area (Å²) in [5, 5.41) is 9.37. The van der Waals surface area contributed by atoms with Gasteiger partial charge in [0.15, 0.2) is 5.78 Å². The second kappa shape index (κ2) is 7.47. The van der Waals surface area contributed by atoms with Crippen molar-refractivity contribution in [1.29, 1.82) is 0 Å². The fourth-order valence-electron chi connectivity index (χ4n) is 4.04. The van der Waals surface area contributed by atoms with Crippen LogP contribution in [-0.4, -0.2) is 34.2 Å². The van der Waals surface area contributed by atoms with Crippen molar-refractivity contribution in [3.8, 4) is 0 Å². The highest BCUT2D eigenvalue weighted by atomic mass is 16.2. The topological polar surface area (TPSA) is 91.9 Å². The minimum atomic E-state index is -0.665. The van der Waals surface area contributed by atoms with Crippen molar-refractivity contribution >= 4 is 17.5 Å². The van der Waals surface area contributed by atoms with Gasteiger partial charge in [0.2, 0.25) is 0 Å². The lowest BCUT2D eigenvalue weighted by Crippen LogP contribution is -2.27. The lowest BCUT2D eigenvalue weighted by atomic mass is 9.86. The van der Waals surface area contributed by atoms with Crippen LogP contribution in [0.1, 0.15) is 57.2 Å². The normalized spacial score (nSPS) is 19.6. The number of ketones is 2. The Labute approximate surface area is 158 Å². The average molecular weight is 367 g/mol. The predicted octanol–water partition coefficient (Wildman–Crippen LogP) is 2.71. The number of Topliss-reactive ketones (excluding diaryl/α,β-unsaturated/α-hetero) is 2. The second-order valence-electron chi connectivity index (χ2n) is 7.48. The molecule has 1 aliphatic carbocycles. The molecule has 3 rings (SSSR count). The van der Waals surface area contributed by atoms with E-state index in [0.717, 1.165) is 27.9 Å². The molecule has 0 aliphatic heterocycles. The Morgan fingerprint density at radius 2 is 1.81 bits per heavy atom. The Kier molecular flexibility index (Phi) is 5.26. The Morgan fingerprint density at radius 1 is 1.15 bits per heavy atom. The van der Waals surface area contributed by atoms with Gasteiger partial charge >= 0.3 is 0 Å². The molecular formula is C21H25N3O3. The van der Waals surface area contributed by atoms with Gasteiger partial charge in [-0.2, -0.15) is 5.10 Å². The first-order valence-corrected chi connectivity index (χ1v) is 9.22. The van der Waals surface area contributed by atoms with E-state index in [2.05, 4.69) is 15.5 Å². The van der Waals surface area contributed by atoms with E-state index in [9.17, 15) is 14.4 Å². The Bertz CT molecular complexity index is 890. The fourth-order valence-corrected chi connectivity index (χ4v) is 4.04. The maximum atomic E-state index is 12.9. The Hall–Kier alpha value is -2.76. The number of H-pyrrole nitrogens is 1. The number of aromatic nitrogens is 2. The molecule has 27 heavy (non-hydrogen) atoms. The molecule has 0 bridgehead atoms. The van der Waals surface area contributed by atoms with E-state index in [1.165, 1.54) is 0 Å². The first kappa shape index (κ1) is 19.0. The number of amides is 1. The van der Waals surface area contributed by atoms with E-state index in [0.29, 0.717) is 18.7 Å². The summed E-state index contributed by atoms with van der Waals surface area (Å²) in [6.45, 7) is 8.06. The molecule has 2 N–H and O–H groups in total. The van der Waals surface area contributed by atoms with Crippen LogP contribution in [0.5, 0.6) is 0 Å². The third-order valence-corrected chi connectivity index (χ3v) is 5.21. The van der Waals surface area contributed by atoms with Gasteiger partial charge in [-0.1, -0.05) is 17.7 Å². The number of nitrogens with zero attached hydrogens (tertiary/aromatic N) is 1. The summed E-state index contributed by atoms with van der Waals surface area (Å²) in [5.41, 5.74) is 5.09. The van der Waals surface area contributed by atoms with Crippen molar-refractivity contribution in [2.24, 2.45) is 5.92 Å². The molecule has 2 unspecified atom stereocenters. The fraction of sp³-hybridized carbons (Fsp3) is 0.429. The third kappa shape index (κ3) is 3.84. The summed E-state index contributed by atoms with van der Waals surface area (Å²) in [7, 11) is 0. The summed E-state index contributed by atoms with van der Waals surface area (Å²) in [4.78, 5) is 37.5. The van der Waals surface area contributed by atoms with E-state index in [1.54, 1.807) is 13.0 Å². The van der Waals surface area contributed by atoms with E-state index >= 15 is 0 Å². The summed E-state index contributed by atoms with van der Waals surface area (Å²) in [5.74, 6) is -1.31. The van der Waals surface area contributed by atoms with Crippen molar-refractivity contribution < 1.29 is 14.4 Å². The molecule has 2 atom stereocenters. The molecule has 1 aromatic carbocycles. The summed E-state index contributed by atoms with van der Waals surface area (Å²) in [6.07, 6.45) is 0.708. The van der Waals surface area contributed by atoms with Crippen molar-refractivity contribution in [2.45, 2.75) is 46.5 Å². The van der Waals surface area contributed by atoms with Crippen LogP contribution in [0.25, 0.3) is 0 Å². The number of hydrogen-bond donors (Lipinski definition) is 2. The molecule has 142 valence electrons. The van der Waals surface area contributed by atoms with Gasteiger partial charge in [0.05, 0.1) is 5.69 Å². The molecular weight excluding hydrogens is 342 g/mol. The Balaban J connectivity index is 1.65. The first-order valence-electron chi connectivity index (χ1n) is 9.22. The molecule has 6 heteroatoms. The highest BCUT2D eigenvalue weighted by molar-refractivity contribution is 6.15. The number of hydrogen-bond acceptors (Lipinski definition) is 4. The molecule has 1 aromatic heterocycles. The Morgan fingerprint density at radius 3 is 2.41 bits per heavy atom. The summed E-state index contributed by atoms with van der Waals surface area (Å²) in [6, 6.07) is 5.70. The van der Waals surface area contributed by atoms with Crippen molar-refractivity contribution in [1.82, 2.24) is 15.5 Å². The van der Waals surface area contributed by atoms with Crippen LogP contribution in [0.4, 0.5) is 0 Å². The minimum Gasteiger partial charge on any atom is -0.351 e. The predicted molar refractivity (Wildman–Crippen MR) is 102 cm³/mol. The highest BCUT2D eigenvalue weighted by Gasteiger charge is 2.42. The van der Waals surface area contributed by atoms with Crippen LogP contribution in [0.3, 0.4) is 0 Å². The standard InChI is InChI=1S/C21H25N3O3/c1-11-7-12(2)18(13(3)8-11)19-17(25)10-15(20(19)26)5-6-22-21(27)16-9-14(4)23-24-16/h7-9,15,19H,5-6,10H2,1-4H3,(H,22,27)(H,23,24). The van der Waals surface area contributed by atoms with Gasteiger partial charge in [-0.05, 0) is 56.9 Å². The van der Waals surface area contributed by atoms with Gasteiger partial charge in [0, 0.05) is 18.9 Å². The van der Waals surface area contributed by atoms with Crippen LogP contribution in [-0.2, 0) is 9.59 Å². The van der Waals surface area contributed by atoms with Gasteiger partial charge in [-0.3, -0.25) is 19.5 Å². The molecule has 1 aliphatic rings.